The zero-order valence-corrected chi connectivity index (χ0v) is 27.5. The molecule has 0 spiro atoms. The molecule has 0 heterocycles. The summed E-state index contributed by atoms with van der Waals surface area (Å²) in [6.45, 7) is 14.6. The molecular formula is C34H62N2P2. The lowest BCUT2D eigenvalue weighted by Crippen LogP contribution is -2.31. The zero-order chi connectivity index (χ0) is 27.3. The van der Waals surface area contributed by atoms with E-state index < -0.39 is 0 Å². The third-order valence-corrected chi connectivity index (χ3v) is 16.4. The summed E-state index contributed by atoms with van der Waals surface area (Å²) in [5, 5.41) is 0. The average molecular weight is 561 g/mol. The Morgan fingerprint density at radius 1 is 0.395 bits per heavy atom. The number of allylic oxidation sites excluding steroid dienone is 8. The van der Waals surface area contributed by atoms with Gasteiger partial charge in [0.1, 0.15) is 0 Å². The van der Waals surface area contributed by atoms with Gasteiger partial charge in [0.2, 0.25) is 0 Å². The Bertz CT molecular complexity index is 580. The maximum Gasteiger partial charge on any atom is 0.0341 e. The Labute approximate surface area is 241 Å². The second kappa shape index (κ2) is 22.4. The lowest BCUT2D eigenvalue weighted by atomic mass is 10.2. The van der Waals surface area contributed by atoms with E-state index in [1.807, 2.05) is 0 Å². The highest BCUT2D eigenvalue weighted by molar-refractivity contribution is 8.28. The lowest BCUT2D eigenvalue weighted by Gasteiger charge is -2.46. The number of hydrogen-bond donors (Lipinski definition) is 0. The van der Waals surface area contributed by atoms with Gasteiger partial charge >= 0.3 is 0 Å². The molecular weight excluding hydrogens is 498 g/mol. The van der Waals surface area contributed by atoms with Gasteiger partial charge in [0.25, 0.3) is 0 Å². The predicted octanol–water partition coefficient (Wildman–Crippen LogP) is 11.6. The summed E-state index contributed by atoms with van der Waals surface area (Å²) < 4.78 is 6.12. The van der Waals surface area contributed by atoms with Gasteiger partial charge in [-0.3, -0.25) is 9.34 Å². The summed E-state index contributed by atoms with van der Waals surface area (Å²) in [6, 6.07) is 0. The highest BCUT2D eigenvalue weighted by Gasteiger charge is 2.39. The summed E-state index contributed by atoms with van der Waals surface area (Å²) >= 11 is 0. The molecule has 0 aromatic carbocycles. The topological polar surface area (TPSA) is 6.48 Å². The van der Waals surface area contributed by atoms with Crippen LogP contribution in [0.25, 0.3) is 0 Å². The Morgan fingerprint density at radius 2 is 0.658 bits per heavy atom. The van der Waals surface area contributed by atoms with Crippen molar-refractivity contribution >= 4 is 15.5 Å². The van der Waals surface area contributed by atoms with Crippen LogP contribution in [0.5, 0.6) is 0 Å². The first-order chi connectivity index (χ1) is 18.8. The first-order valence-corrected chi connectivity index (χ1v) is 20.0. The van der Waals surface area contributed by atoms with E-state index in [4.69, 9.17) is 0 Å². The Morgan fingerprint density at radius 3 is 0.895 bits per heavy atom. The second-order valence-corrected chi connectivity index (χ2v) is 17.4. The average Bonchev–Trinajstić information content (AvgIpc) is 3.66. The quantitative estimate of drug-likeness (QED) is 0.0809. The maximum absolute atomic E-state index is 3.06. The van der Waals surface area contributed by atoms with Crippen LogP contribution in [0.3, 0.4) is 0 Å². The van der Waals surface area contributed by atoms with Crippen molar-refractivity contribution in [2.75, 3.05) is 26.2 Å². The third kappa shape index (κ3) is 12.9. The Kier molecular flexibility index (Phi) is 20.0. The van der Waals surface area contributed by atoms with Crippen LogP contribution in [-0.2, 0) is 0 Å². The molecule has 0 aromatic rings. The molecule has 0 aliphatic heterocycles. The summed E-state index contributed by atoms with van der Waals surface area (Å²) in [4.78, 5) is 0. The van der Waals surface area contributed by atoms with Crippen molar-refractivity contribution in [3.63, 3.8) is 0 Å². The fraction of sp³-hybridized carbons (Fsp3) is 0.765. The maximum atomic E-state index is 3.06. The van der Waals surface area contributed by atoms with Gasteiger partial charge in [0.15, 0.2) is 0 Å². The second-order valence-electron chi connectivity index (χ2n) is 11.3. The van der Waals surface area contributed by atoms with Crippen molar-refractivity contribution in [1.82, 2.24) is 9.34 Å². The van der Waals surface area contributed by atoms with Crippen molar-refractivity contribution in [2.24, 2.45) is 0 Å². The van der Waals surface area contributed by atoms with Crippen LogP contribution < -0.4 is 0 Å². The van der Waals surface area contributed by atoms with E-state index in [1.54, 1.807) is 0 Å². The van der Waals surface area contributed by atoms with E-state index in [9.17, 15) is 0 Å². The largest absolute Gasteiger partial charge is 0.277 e. The van der Waals surface area contributed by atoms with E-state index in [2.05, 4.69) is 85.6 Å². The van der Waals surface area contributed by atoms with E-state index in [-0.39, 0.29) is 15.5 Å². The molecule has 0 aromatic heterocycles. The van der Waals surface area contributed by atoms with Crippen LogP contribution in [0.2, 0.25) is 0 Å². The standard InChI is InChI=1S/C34H62N2P2/c1-5-9-13-21-29-35(30-22-14-10-6-2)37(33-25-17-18-26-33)38(34-27-19-20-28-34)36(31-23-15-11-7-3)32-24-16-12-8-4/h17-20,25-28,33-34H,5-16,21-24,29-32H2,1-4H3. The summed E-state index contributed by atoms with van der Waals surface area (Å²) in [5.41, 5.74) is 1.23. The van der Waals surface area contributed by atoms with Crippen LogP contribution in [0.4, 0.5) is 0 Å². The molecule has 2 rings (SSSR count). The van der Waals surface area contributed by atoms with E-state index >= 15 is 0 Å². The zero-order valence-electron chi connectivity index (χ0n) is 25.7. The molecule has 2 nitrogen and oxygen atoms in total. The normalized spacial score (nSPS) is 17.1. The monoisotopic (exact) mass is 560 g/mol. The molecule has 0 bridgehead atoms. The number of unbranched alkanes of at least 4 members (excludes halogenated alkanes) is 12. The molecule has 2 atom stereocenters. The molecule has 38 heavy (non-hydrogen) atoms. The summed E-state index contributed by atoms with van der Waals surface area (Å²) in [5.74, 6) is 0. The molecule has 4 heteroatoms. The van der Waals surface area contributed by atoms with Crippen molar-refractivity contribution in [1.29, 1.82) is 0 Å². The van der Waals surface area contributed by atoms with Gasteiger partial charge in [0.05, 0.1) is 0 Å². The minimum absolute atomic E-state index is 0.282. The van der Waals surface area contributed by atoms with E-state index in [0.717, 1.165) is 0 Å². The third-order valence-electron chi connectivity index (χ3n) is 7.86. The molecule has 0 N–H and O–H groups in total. The minimum Gasteiger partial charge on any atom is -0.277 e. The molecule has 0 saturated heterocycles. The van der Waals surface area contributed by atoms with Gasteiger partial charge in [0, 0.05) is 53.0 Å². The predicted molar refractivity (Wildman–Crippen MR) is 178 cm³/mol. The first kappa shape index (κ1) is 33.9. The number of hydrogen-bond acceptors (Lipinski definition) is 2. The summed E-state index contributed by atoms with van der Waals surface area (Å²) in [7, 11) is -0.563. The Hall–Kier alpha value is -0.260. The highest BCUT2D eigenvalue weighted by atomic mass is 32.1. The number of nitrogens with zero attached hydrogens (tertiary/aromatic N) is 2. The van der Waals surface area contributed by atoms with Gasteiger partial charge in [-0.15, -0.1) is 0 Å². The molecule has 0 amide bonds. The van der Waals surface area contributed by atoms with Gasteiger partial charge in [-0.25, -0.2) is 0 Å². The van der Waals surface area contributed by atoms with Gasteiger partial charge in [-0.05, 0) is 25.7 Å². The van der Waals surface area contributed by atoms with Crippen molar-refractivity contribution in [2.45, 2.75) is 142 Å². The number of rotatable bonds is 25. The molecule has 0 fully saturated rings. The molecule has 2 aliphatic carbocycles. The van der Waals surface area contributed by atoms with Crippen LogP contribution in [-0.4, -0.2) is 46.8 Å². The lowest BCUT2D eigenvalue weighted by molar-refractivity contribution is 0.408. The molecule has 2 aliphatic rings. The molecule has 2 unspecified atom stereocenters. The van der Waals surface area contributed by atoms with Gasteiger partial charge in [-0.2, -0.15) is 0 Å². The van der Waals surface area contributed by atoms with Crippen LogP contribution in [0, 0.1) is 0 Å². The summed E-state index contributed by atoms with van der Waals surface area (Å²) in [6.07, 6.45) is 41.5. The molecule has 0 radical (unpaired) electrons. The van der Waals surface area contributed by atoms with Crippen molar-refractivity contribution < 1.29 is 0 Å². The van der Waals surface area contributed by atoms with Crippen LogP contribution in [0.15, 0.2) is 48.6 Å². The van der Waals surface area contributed by atoms with E-state index in [0.29, 0.717) is 11.3 Å². The fourth-order valence-electron chi connectivity index (χ4n) is 5.58. The fourth-order valence-corrected chi connectivity index (χ4v) is 15.0. The van der Waals surface area contributed by atoms with Crippen molar-refractivity contribution in [3.8, 4) is 0 Å². The first-order valence-electron chi connectivity index (χ1n) is 16.5. The van der Waals surface area contributed by atoms with Gasteiger partial charge < -0.3 is 0 Å². The van der Waals surface area contributed by atoms with E-state index in [1.165, 1.54) is 129 Å². The van der Waals surface area contributed by atoms with Crippen molar-refractivity contribution in [3.05, 3.63) is 48.6 Å². The minimum atomic E-state index is -0.282. The molecule has 0 saturated carbocycles. The highest BCUT2D eigenvalue weighted by Crippen LogP contribution is 2.78. The molecule has 218 valence electrons. The van der Waals surface area contributed by atoms with Crippen LogP contribution in [0.1, 0.15) is 130 Å². The Balaban J connectivity index is 2.36. The SMILES string of the molecule is CCCCCCN(CCCCCC)P(C1C=CC=C1)P(C1C=CC=C1)N(CCCCCC)CCCCCC. The van der Waals surface area contributed by atoms with Gasteiger partial charge in [-0.1, -0.05) is 153 Å². The smallest absolute Gasteiger partial charge is 0.0341 e. The van der Waals surface area contributed by atoms with Crippen LogP contribution >= 0.6 is 15.5 Å².